The molecular formula is C13H19N. The maximum atomic E-state index is 5.48. The summed E-state index contributed by atoms with van der Waals surface area (Å²) >= 11 is 0. The quantitative estimate of drug-likeness (QED) is 0.777. The van der Waals surface area contributed by atoms with E-state index in [1.165, 1.54) is 22.3 Å². The molecule has 0 bridgehead atoms. The Hall–Kier alpha value is -1.08. The first-order valence-electron chi connectivity index (χ1n) is 5.09. The first-order chi connectivity index (χ1) is 6.65. The molecule has 76 valence electrons. The molecule has 0 amide bonds. The molecular weight excluding hydrogens is 170 g/mol. The second-order valence-electron chi connectivity index (χ2n) is 3.78. The van der Waals surface area contributed by atoms with Gasteiger partial charge in [0.15, 0.2) is 0 Å². The van der Waals surface area contributed by atoms with E-state index in [0.29, 0.717) is 0 Å². The van der Waals surface area contributed by atoms with Gasteiger partial charge in [0.25, 0.3) is 0 Å². The summed E-state index contributed by atoms with van der Waals surface area (Å²) in [7, 11) is 0. The molecule has 0 atom stereocenters. The maximum Gasteiger partial charge on any atom is -0.00424 e. The molecule has 0 saturated carbocycles. The summed E-state index contributed by atoms with van der Waals surface area (Å²) in [6.07, 6.45) is 3.17. The van der Waals surface area contributed by atoms with Crippen molar-refractivity contribution in [3.8, 4) is 0 Å². The molecule has 0 heterocycles. The van der Waals surface area contributed by atoms with Crippen LogP contribution in [0.15, 0.2) is 24.3 Å². The fourth-order valence-corrected chi connectivity index (χ4v) is 1.57. The highest BCUT2D eigenvalue weighted by Crippen LogP contribution is 2.19. The van der Waals surface area contributed by atoms with E-state index < -0.39 is 0 Å². The van der Waals surface area contributed by atoms with Gasteiger partial charge in [-0.25, -0.2) is 0 Å². The molecule has 0 aliphatic rings. The van der Waals surface area contributed by atoms with E-state index in [4.69, 9.17) is 5.73 Å². The zero-order valence-electron chi connectivity index (χ0n) is 9.30. The third-order valence-electron chi connectivity index (χ3n) is 2.44. The van der Waals surface area contributed by atoms with E-state index in [-0.39, 0.29) is 0 Å². The van der Waals surface area contributed by atoms with Crippen molar-refractivity contribution in [2.24, 2.45) is 5.73 Å². The molecule has 14 heavy (non-hydrogen) atoms. The molecule has 0 aliphatic carbocycles. The highest BCUT2D eigenvalue weighted by Gasteiger charge is 1.99. The van der Waals surface area contributed by atoms with Gasteiger partial charge in [0.05, 0.1) is 0 Å². The van der Waals surface area contributed by atoms with Gasteiger partial charge in [0.1, 0.15) is 0 Å². The smallest absolute Gasteiger partial charge is 0.00424 e. The van der Waals surface area contributed by atoms with E-state index in [1.807, 2.05) is 0 Å². The third kappa shape index (κ3) is 2.71. The molecule has 1 rings (SSSR count). The van der Waals surface area contributed by atoms with Crippen LogP contribution >= 0.6 is 0 Å². The number of hydrogen-bond donors (Lipinski definition) is 1. The van der Waals surface area contributed by atoms with Crippen LogP contribution in [0.25, 0.3) is 5.57 Å². The first kappa shape index (κ1) is 11.0. The molecule has 0 aliphatic heterocycles. The molecule has 1 heteroatoms. The van der Waals surface area contributed by atoms with Gasteiger partial charge in [-0.3, -0.25) is 0 Å². The summed E-state index contributed by atoms with van der Waals surface area (Å²) in [4.78, 5) is 0. The van der Waals surface area contributed by atoms with Crippen LogP contribution in [0, 0.1) is 13.8 Å². The van der Waals surface area contributed by atoms with Gasteiger partial charge in [-0.15, -0.1) is 0 Å². The molecule has 2 N–H and O–H groups in total. The van der Waals surface area contributed by atoms with Gasteiger partial charge in [-0.1, -0.05) is 29.8 Å². The van der Waals surface area contributed by atoms with Gasteiger partial charge < -0.3 is 5.73 Å². The van der Waals surface area contributed by atoms with Crippen LogP contribution in [0.2, 0.25) is 0 Å². The average molecular weight is 189 g/mol. The summed E-state index contributed by atoms with van der Waals surface area (Å²) < 4.78 is 0. The van der Waals surface area contributed by atoms with Crippen LogP contribution in [-0.4, -0.2) is 6.54 Å². The Kier molecular flexibility index (Phi) is 3.90. The summed E-state index contributed by atoms with van der Waals surface area (Å²) in [6, 6.07) is 6.55. The largest absolute Gasteiger partial charge is 0.330 e. The number of benzene rings is 1. The Labute approximate surface area is 86.6 Å². The summed E-state index contributed by atoms with van der Waals surface area (Å²) in [6.45, 7) is 7.15. The number of hydrogen-bond acceptors (Lipinski definition) is 1. The second-order valence-corrected chi connectivity index (χ2v) is 3.78. The van der Waals surface area contributed by atoms with Crippen molar-refractivity contribution in [1.82, 2.24) is 0 Å². The van der Waals surface area contributed by atoms with Gasteiger partial charge in [0.2, 0.25) is 0 Å². The minimum atomic E-state index is 0.724. The minimum Gasteiger partial charge on any atom is -0.330 e. The van der Waals surface area contributed by atoms with Crippen molar-refractivity contribution in [2.45, 2.75) is 27.2 Å². The van der Waals surface area contributed by atoms with Crippen molar-refractivity contribution in [3.05, 3.63) is 41.0 Å². The Morgan fingerprint density at radius 2 is 2.07 bits per heavy atom. The Morgan fingerprint density at radius 1 is 1.36 bits per heavy atom. The first-order valence-corrected chi connectivity index (χ1v) is 5.09. The lowest BCUT2D eigenvalue weighted by atomic mass is 9.99. The van der Waals surface area contributed by atoms with Crippen molar-refractivity contribution in [1.29, 1.82) is 0 Å². The number of rotatable bonds is 3. The Bertz CT molecular complexity index is 337. The molecule has 1 aromatic carbocycles. The normalized spacial score (nSPS) is 11.9. The molecule has 0 spiro atoms. The summed E-state index contributed by atoms with van der Waals surface area (Å²) in [5, 5.41) is 0. The lowest BCUT2D eigenvalue weighted by Crippen LogP contribution is -1.96. The lowest BCUT2D eigenvalue weighted by molar-refractivity contribution is 1.01. The fourth-order valence-electron chi connectivity index (χ4n) is 1.57. The monoisotopic (exact) mass is 189 g/mol. The van der Waals surface area contributed by atoms with Crippen LogP contribution < -0.4 is 5.73 Å². The van der Waals surface area contributed by atoms with Crippen molar-refractivity contribution >= 4 is 5.57 Å². The molecule has 1 aromatic rings. The standard InChI is InChI=1S/C13H19N/c1-10-6-7-12(3)13(9-10)11(2)5-4-8-14/h5-7,9H,4,8,14H2,1-3H3. The Morgan fingerprint density at radius 3 is 2.71 bits per heavy atom. The molecule has 0 saturated heterocycles. The zero-order chi connectivity index (χ0) is 10.6. The average Bonchev–Trinajstić information content (AvgIpc) is 2.18. The Balaban J connectivity index is 2.99. The number of aryl methyl sites for hydroxylation is 2. The predicted molar refractivity (Wildman–Crippen MR) is 63.2 cm³/mol. The minimum absolute atomic E-state index is 0.724. The van der Waals surface area contributed by atoms with Crippen LogP contribution in [-0.2, 0) is 0 Å². The highest BCUT2D eigenvalue weighted by atomic mass is 14.5. The van der Waals surface area contributed by atoms with Gasteiger partial charge in [0, 0.05) is 0 Å². The van der Waals surface area contributed by atoms with Gasteiger partial charge >= 0.3 is 0 Å². The predicted octanol–water partition coefficient (Wildman–Crippen LogP) is 3.06. The number of nitrogens with two attached hydrogens (primary N) is 1. The molecule has 0 fully saturated rings. The van der Waals surface area contributed by atoms with E-state index in [9.17, 15) is 0 Å². The van der Waals surface area contributed by atoms with E-state index in [2.05, 4.69) is 45.0 Å². The molecule has 0 radical (unpaired) electrons. The summed E-state index contributed by atoms with van der Waals surface area (Å²) in [5.74, 6) is 0. The SMILES string of the molecule is CC(=CCCN)c1cc(C)ccc1C. The maximum absolute atomic E-state index is 5.48. The van der Waals surface area contributed by atoms with Crippen molar-refractivity contribution in [2.75, 3.05) is 6.54 Å². The van der Waals surface area contributed by atoms with E-state index in [1.54, 1.807) is 0 Å². The zero-order valence-corrected chi connectivity index (χ0v) is 9.30. The fraction of sp³-hybridized carbons (Fsp3) is 0.385. The van der Waals surface area contributed by atoms with Crippen molar-refractivity contribution < 1.29 is 0 Å². The van der Waals surface area contributed by atoms with Crippen LogP contribution in [0.5, 0.6) is 0 Å². The van der Waals surface area contributed by atoms with Crippen LogP contribution in [0.1, 0.15) is 30.0 Å². The van der Waals surface area contributed by atoms with Crippen LogP contribution in [0.3, 0.4) is 0 Å². The molecule has 0 aromatic heterocycles. The highest BCUT2D eigenvalue weighted by molar-refractivity contribution is 5.66. The lowest BCUT2D eigenvalue weighted by Gasteiger charge is -2.07. The second kappa shape index (κ2) is 4.97. The van der Waals surface area contributed by atoms with E-state index >= 15 is 0 Å². The van der Waals surface area contributed by atoms with Gasteiger partial charge in [-0.05, 0) is 50.4 Å². The van der Waals surface area contributed by atoms with E-state index in [0.717, 1.165) is 13.0 Å². The molecule has 0 unspecified atom stereocenters. The summed E-state index contributed by atoms with van der Waals surface area (Å²) in [5.41, 5.74) is 10.8. The number of allylic oxidation sites excluding steroid dienone is 1. The van der Waals surface area contributed by atoms with Gasteiger partial charge in [-0.2, -0.15) is 0 Å². The van der Waals surface area contributed by atoms with Crippen LogP contribution in [0.4, 0.5) is 0 Å². The third-order valence-corrected chi connectivity index (χ3v) is 2.44. The van der Waals surface area contributed by atoms with Crippen molar-refractivity contribution in [3.63, 3.8) is 0 Å². The molecule has 1 nitrogen and oxygen atoms in total. The topological polar surface area (TPSA) is 26.0 Å².